The number of nitrogens with zero attached hydrogens (tertiary/aromatic N) is 2. The van der Waals surface area contributed by atoms with E-state index in [1.54, 1.807) is 18.2 Å². The quantitative estimate of drug-likeness (QED) is 0.886. The highest BCUT2D eigenvalue weighted by Crippen LogP contribution is 2.13. The Morgan fingerprint density at radius 3 is 3.26 bits per heavy atom. The van der Waals surface area contributed by atoms with Crippen LogP contribution >= 0.6 is 0 Å². The molecule has 104 valence electrons. The highest BCUT2D eigenvalue weighted by atomic mass is 16.5. The van der Waals surface area contributed by atoms with Crippen LogP contribution in [0.5, 0.6) is 5.88 Å². The molecule has 2 rings (SSSR count). The van der Waals surface area contributed by atoms with Gasteiger partial charge in [0.25, 0.3) is 0 Å². The lowest BCUT2D eigenvalue weighted by Crippen LogP contribution is -2.48. The summed E-state index contributed by atoms with van der Waals surface area (Å²) in [6.45, 7) is 4.20. The Hall–Kier alpha value is -1.82. The van der Waals surface area contributed by atoms with Crippen LogP contribution in [0.15, 0.2) is 18.3 Å². The lowest BCUT2D eigenvalue weighted by Gasteiger charge is -2.31. The van der Waals surface area contributed by atoms with E-state index in [1.165, 1.54) is 0 Å². The molecule has 6 nitrogen and oxygen atoms in total. The van der Waals surface area contributed by atoms with E-state index in [4.69, 9.17) is 9.47 Å². The summed E-state index contributed by atoms with van der Waals surface area (Å²) in [7, 11) is 1.57. The molecule has 19 heavy (non-hydrogen) atoms. The Labute approximate surface area is 112 Å². The number of hydrogen-bond donors (Lipinski definition) is 1. The van der Waals surface area contributed by atoms with Crippen molar-refractivity contribution in [1.82, 2.24) is 15.2 Å². The maximum Gasteiger partial charge on any atom is 0.317 e. The van der Waals surface area contributed by atoms with Gasteiger partial charge in [-0.05, 0) is 13.0 Å². The molecule has 0 radical (unpaired) electrons. The molecule has 1 N–H and O–H groups in total. The van der Waals surface area contributed by atoms with Crippen molar-refractivity contribution in [3.63, 3.8) is 0 Å². The molecular formula is C13H19N3O3. The molecule has 1 aromatic heterocycles. The number of urea groups is 1. The van der Waals surface area contributed by atoms with Gasteiger partial charge in [0.1, 0.15) is 0 Å². The van der Waals surface area contributed by atoms with E-state index < -0.39 is 0 Å². The van der Waals surface area contributed by atoms with Crippen molar-refractivity contribution in [2.24, 2.45) is 0 Å². The number of amides is 2. The first-order valence-electron chi connectivity index (χ1n) is 6.33. The van der Waals surface area contributed by atoms with Crippen LogP contribution in [0, 0.1) is 0 Å². The van der Waals surface area contributed by atoms with Gasteiger partial charge < -0.3 is 19.7 Å². The molecule has 1 aromatic rings. The van der Waals surface area contributed by atoms with Gasteiger partial charge in [-0.2, -0.15) is 0 Å². The van der Waals surface area contributed by atoms with Crippen molar-refractivity contribution in [3.8, 4) is 5.88 Å². The minimum atomic E-state index is -0.0824. The Kier molecular flexibility index (Phi) is 4.57. The fraction of sp³-hybridized carbons (Fsp3) is 0.538. The molecule has 0 saturated carbocycles. The molecule has 1 aliphatic rings. The second-order valence-electron chi connectivity index (χ2n) is 4.46. The third-order valence-corrected chi connectivity index (χ3v) is 3.00. The normalized spacial score (nSPS) is 19.1. The number of ether oxygens (including phenoxy) is 2. The zero-order chi connectivity index (χ0) is 13.7. The molecular weight excluding hydrogens is 246 g/mol. The largest absolute Gasteiger partial charge is 0.481 e. The highest BCUT2D eigenvalue weighted by Gasteiger charge is 2.21. The SMILES string of the molecule is COc1ncccc1CNC(=O)N1CCO[C@H](C)C1. The second-order valence-corrected chi connectivity index (χ2v) is 4.46. The van der Waals surface area contributed by atoms with Crippen LogP contribution in [0.25, 0.3) is 0 Å². The minimum absolute atomic E-state index is 0.0824. The number of aromatic nitrogens is 1. The summed E-state index contributed by atoms with van der Waals surface area (Å²) in [5, 5.41) is 2.88. The minimum Gasteiger partial charge on any atom is -0.481 e. The molecule has 0 unspecified atom stereocenters. The fourth-order valence-electron chi connectivity index (χ4n) is 2.03. The summed E-state index contributed by atoms with van der Waals surface area (Å²) in [5.74, 6) is 0.540. The van der Waals surface area contributed by atoms with Gasteiger partial charge in [0, 0.05) is 31.4 Å². The average molecular weight is 265 g/mol. The van der Waals surface area contributed by atoms with Crippen molar-refractivity contribution in [2.75, 3.05) is 26.8 Å². The van der Waals surface area contributed by atoms with E-state index in [-0.39, 0.29) is 12.1 Å². The lowest BCUT2D eigenvalue weighted by molar-refractivity contribution is -0.00352. The van der Waals surface area contributed by atoms with Crippen LogP contribution in [0.2, 0.25) is 0 Å². The first kappa shape index (κ1) is 13.6. The van der Waals surface area contributed by atoms with Gasteiger partial charge in [0.15, 0.2) is 0 Å². The summed E-state index contributed by atoms with van der Waals surface area (Å²) in [6, 6.07) is 3.62. The van der Waals surface area contributed by atoms with E-state index in [9.17, 15) is 4.79 Å². The molecule has 6 heteroatoms. The predicted molar refractivity (Wildman–Crippen MR) is 70.0 cm³/mol. The summed E-state index contributed by atoms with van der Waals surface area (Å²) in [5.41, 5.74) is 0.861. The first-order chi connectivity index (χ1) is 9.20. The Bertz CT molecular complexity index is 439. The Morgan fingerprint density at radius 1 is 1.68 bits per heavy atom. The lowest BCUT2D eigenvalue weighted by atomic mass is 10.2. The first-order valence-corrected chi connectivity index (χ1v) is 6.33. The maximum absolute atomic E-state index is 12.0. The molecule has 0 aromatic carbocycles. The molecule has 1 aliphatic heterocycles. The number of methoxy groups -OCH3 is 1. The number of rotatable bonds is 3. The Morgan fingerprint density at radius 2 is 2.53 bits per heavy atom. The van der Waals surface area contributed by atoms with Crippen molar-refractivity contribution in [3.05, 3.63) is 23.9 Å². The van der Waals surface area contributed by atoms with Gasteiger partial charge in [-0.3, -0.25) is 0 Å². The van der Waals surface area contributed by atoms with Crippen LogP contribution in [-0.2, 0) is 11.3 Å². The average Bonchev–Trinajstić information content (AvgIpc) is 2.45. The Balaban J connectivity index is 1.89. The molecule has 2 heterocycles. The number of carbonyl (C=O) groups is 1. The van der Waals surface area contributed by atoms with Gasteiger partial charge in [-0.1, -0.05) is 6.07 Å². The molecule has 1 saturated heterocycles. The molecule has 0 aliphatic carbocycles. The number of carbonyl (C=O) groups excluding carboxylic acids is 1. The van der Waals surface area contributed by atoms with Gasteiger partial charge in [0.05, 0.1) is 19.8 Å². The topological polar surface area (TPSA) is 63.7 Å². The number of hydrogen-bond acceptors (Lipinski definition) is 4. The van der Waals surface area contributed by atoms with Crippen LogP contribution in [0.4, 0.5) is 4.79 Å². The fourth-order valence-corrected chi connectivity index (χ4v) is 2.03. The summed E-state index contributed by atoms with van der Waals surface area (Å²) < 4.78 is 10.5. The van der Waals surface area contributed by atoms with Crippen LogP contribution in [0.3, 0.4) is 0 Å². The van der Waals surface area contributed by atoms with Gasteiger partial charge in [-0.15, -0.1) is 0 Å². The summed E-state index contributed by atoms with van der Waals surface area (Å²) in [4.78, 5) is 17.9. The van der Waals surface area contributed by atoms with Crippen LogP contribution in [0.1, 0.15) is 12.5 Å². The smallest absolute Gasteiger partial charge is 0.317 e. The monoisotopic (exact) mass is 265 g/mol. The molecule has 0 bridgehead atoms. The van der Waals surface area contributed by atoms with Crippen molar-refractivity contribution in [2.45, 2.75) is 19.6 Å². The van der Waals surface area contributed by atoms with Gasteiger partial charge >= 0.3 is 6.03 Å². The summed E-state index contributed by atoms with van der Waals surface area (Å²) >= 11 is 0. The second kappa shape index (κ2) is 6.38. The highest BCUT2D eigenvalue weighted by molar-refractivity contribution is 5.74. The van der Waals surface area contributed by atoms with Gasteiger partial charge in [-0.25, -0.2) is 9.78 Å². The van der Waals surface area contributed by atoms with Crippen molar-refractivity contribution < 1.29 is 14.3 Å². The van der Waals surface area contributed by atoms with Crippen molar-refractivity contribution in [1.29, 1.82) is 0 Å². The van der Waals surface area contributed by atoms with E-state index in [2.05, 4.69) is 10.3 Å². The number of morpholine rings is 1. The van der Waals surface area contributed by atoms with Crippen LogP contribution in [-0.4, -0.2) is 48.8 Å². The molecule has 1 atom stereocenters. The maximum atomic E-state index is 12.0. The van der Waals surface area contributed by atoms with Crippen LogP contribution < -0.4 is 10.1 Å². The van der Waals surface area contributed by atoms with E-state index >= 15 is 0 Å². The van der Waals surface area contributed by atoms with Crippen molar-refractivity contribution >= 4 is 6.03 Å². The van der Waals surface area contributed by atoms with E-state index in [0.717, 1.165) is 5.56 Å². The van der Waals surface area contributed by atoms with E-state index in [0.29, 0.717) is 32.1 Å². The molecule has 2 amide bonds. The van der Waals surface area contributed by atoms with E-state index in [1.807, 2.05) is 19.1 Å². The standard InChI is InChI=1S/C13H19N3O3/c1-10-9-16(6-7-19-10)13(17)15-8-11-4-3-5-14-12(11)18-2/h3-5,10H,6-9H2,1-2H3,(H,15,17)/t10-/m1/s1. The zero-order valence-corrected chi connectivity index (χ0v) is 11.3. The summed E-state index contributed by atoms with van der Waals surface area (Å²) in [6.07, 6.45) is 1.75. The zero-order valence-electron chi connectivity index (χ0n) is 11.3. The third-order valence-electron chi connectivity index (χ3n) is 3.00. The molecule has 1 fully saturated rings. The number of nitrogens with one attached hydrogen (secondary N) is 1. The predicted octanol–water partition coefficient (Wildman–Crippen LogP) is 1.02. The van der Waals surface area contributed by atoms with Gasteiger partial charge in [0.2, 0.25) is 5.88 Å². The molecule has 0 spiro atoms. The third kappa shape index (κ3) is 3.57. The number of pyridine rings is 1.